The van der Waals surface area contributed by atoms with Crippen molar-refractivity contribution < 1.29 is 4.79 Å². The van der Waals surface area contributed by atoms with E-state index in [0.717, 1.165) is 43.1 Å². The van der Waals surface area contributed by atoms with Crippen molar-refractivity contribution in [1.82, 2.24) is 4.98 Å². The molecule has 0 spiro atoms. The van der Waals surface area contributed by atoms with E-state index in [-0.39, 0.29) is 5.91 Å². The lowest BCUT2D eigenvalue weighted by Gasteiger charge is -2.21. The molecule has 0 unspecified atom stereocenters. The Balaban J connectivity index is 1.50. The molecule has 1 aliphatic heterocycles. The van der Waals surface area contributed by atoms with Crippen LogP contribution in [0.1, 0.15) is 29.8 Å². The third-order valence-corrected chi connectivity index (χ3v) is 5.44. The van der Waals surface area contributed by atoms with E-state index in [9.17, 15) is 4.79 Å². The second kappa shape index (κ2) is 8.35. The Labute approximate surface area is 172 Å². The zero-order valence-corrected chi connectivity index (χ0v) is 16.9. The van der Waals surface area contributed by atoms with E-state index >= 15 is 0 Å². The number of nitrogens with zero attached hydrogens (tertiary/aromatic N) is 3. The zero-order chi connectivity index (χ0) is 20.2. The zero-order valence-electron chi connectivity index (χ0n) is 16.9. The number of pyridine rings is 1. The normalized spacial score (nSPS) is 12.6. The van der Waals surface area contributed by atoms with Gasteiger partial charge in [-0.3, -0.25) is 9.78 Å². The Kier molecular flexibility index (Phi) is 5.47. The molecule has 5 heteroatoms. The molecule has 2 aromatic carbocycles. The Morgan fingerprint density at radius 2 is 1.83 bits per heavy atom. The fourth-order valence-electron chi connectivity index (χ4n) is 3.85. The molecule has 0 aliphatic carbocycles. The molecule has 5 nitrogen and oxygen atoms in total. The number of carbonyl (C=O) groups is 1. The Bertz CT molecular complexity index is 996. The van der Waals surface area contributed by atoms with Gasteiger partial charge in [-0.15, -0.1) is 0 Å². The van der Waals surface area contributed by atoms with Gasteiger partial charge in [-0.1, -0.05) is 18.2 Å². The summed E-state index contributed by atoms with van der Waals surface area (Å²) >= 11 is 0. The average Bonchev–Trinajstić information content (AvgIpc) is 3.20. The van der Waals surface area contributed by atoms with Crippen molar-refractivity contribution >= 4 is 28.7 Å². The molecule has 0 bridgehead atoms. The maximum atomic E-state index is 12.8. The van der Waals surface area contributed by atoms with Crippen molar-refractivity contribution in [1.29, 1.82) is 0 Å². The van der Waals surface area contributed by atoms with Crippen LogP contribution in [0.25, 0.3) is 0 Å². The molecule has 2 heterocycles. The monoisotopic (exact) mass is 386 g/mol. The van der Waals surface area contributed by atoms with E-state index in [1.54, 1.807) is 6.20 Å². The summed E-state index contributed by atoms with van der Waals surface area (Å²) in [5.41, 5.74) is 5.96. The minimum absolute atomic E-state index is 0.151. The van der Waals surface area contributed by atoms with Crippen LogP contribution in [0.15, 0.2) is 67.0 Å². The second-order valence-electron chi connectivity index (χ2n) is 7.14. The van der Waals surface area contributed by atoms with E-state index in [1.165, 1.54) is 11.3 Å². The number of nitrogens with one attached hydrogen (secondary N) is 1. The van der Waals surface area contributed by atoms with Gasteiger partial charge < -0.3 is 15.1 Å². The maximum Gasteiger partial charge on any atom is 0.257 e. The molecule has 1 aliphatic rings. The van der Waals surface area contributed by atoms with Crippen LogP contribution in [-0.4, -0.2) is 30.5 Å². The first-order valence-corrected chi connectivity index (χ1v) is 10.2. The first-order valence-electron chi connectivity index (χ1n) is 10.2. The summed E-state index contributed by atoms with van der Waals surface area (Å²) in [5, 5.41) is 2.98. The molecule has 4 rings (SSSR count). The number of amides is 1. The Morgan fingerprint density at radius 3 is 2.59 bits per heavy atom. The van der Waals surface area contributed by atoms with Crippen molar-refractivity contribution in [3.63, 3.8) is 0 Å². The van der Waals surface area contributed by atoms with Crippen LogP contribution in [0.5, 0.6) is 0 Å². The summed E-state index contributed by atoms with van der Waals surface area (Å²) in [6.07, 6.45) is 4.44. The summed E-state index contributed by atoms with van der Waals surface area (Å²) in [7, 11) is 0. The standard InChI is InChI=1S/C24H26N4O/c1-3-27(4-2)21-11-9-20(10-12-21)26-24(29)19-15-22(17-25-16-19)28-14-13-18-7-5-6-8-23(18)28/h5-12,15-17H,3-4,13-14H2,1-2H3,(H,26,29). The lowest BCUT2D eigenvalue weighted by atomic mass is 10.2. The molecule has 0 fully saturated rings. The molecule has 29 heavy (non-hydrogen) atoms. The van der Waals surface area contributed by atoms with Crippen LogP contribution in [0.2, 0.25) is 0 Å². The number of benzene rings is 2. The molecule has 3 aromatic rings. The third-order valence-electron chi connectivity index (χ3n) is 5.44. The van der Waals surface area contributed by atoms with Gasteiger partial charge >= 0.3 is 0 Å². The summed E-state index contributed by atoms with van der Waals surface area (Å²) < 4.78 is 0. The highest BCUT2D eigenvalue weighted by Gasteiger charge is 2.21. The minimum Gasteiger partial charge on any atom is -0.372 e. The van der Waals surface area contributed by atoms with E-state index < -0.39 is 0 Å². The van der Waals surface area contributed by atoms with E-state index in [1.807, 2.05) is 42.6 Å². The molecule has 0 radical (unpaired) electrons. The predicted octanol–water partition coefficient (Wildman–Crippen LogP) is 4.87. The lowest BCUT2D eigenvalue weighted by molar-refractivity contribution is 0.102. The summed E-state index contributed by atoms with van der Waals surface area (Å²) in [4.78, 5) is 21.6. The van der Waals surface area contributed by atoms with Gasteiger partial charge in [0.2, 0.25) is 0 Å². The predicted molar refractivity (Wildman–Crippen MR) is 119 cm³/mol. The smallest absolute Gasteiger partial charge is 0.257 e. The van der Waals surface area contributed by atoms with E-state index in [0.29, 0.717) is 5.56 Å². The highest BCUT2D eigenvalue weighted by Crippen LogP contribution is 2.34. The van der Waals surface area contributed by atoms with Gasteiger partial charge in [-0.2, -0.15) is 0 Å². The SMILES string of the molecule is CCN(CC)c1ccc(NC(=O)c2cncc(N3CCc4ccccc43)c2)cc1. The van der Waals surface area contributed by atoms with Crippen molar-refractivity contribution in [2.75, 3.05) is 34.8 Å². The summed E-state index contributed by atoms with van der Waals surface area (Å²) in [6, 6.07) is 18.3. The second-order valence-corrected chi connectivity index (χ2v) is 7.14. The van der Waals surface area contributed by atoms with Gasteiger partial charge in [0.1, 0.15) is 0 Å². The van der Waals surface area contributed by atoms with E-state index in [2.05, 4.69) is 52.1 Å². The number of para-hydroxylation sites is 1. The molecule has 1 aromatic heterocycles. The van der Waals surface area contributed by atoms with Crippen LogP contribution < -0.4 is 15.1 Å². The van der Waals surface area contributed by atoms with Crippen molar-refractivity contribution in [2.45, 2.75) is 20.3 Å². The molecular weight excluding hydrogens is 360 g/mol. The number of aromatic nitrogens is 1. The topological polar surface area (TPSA) is 48.5 Å². The highest BCUT2D eigenvalue weighted by molar-refractivity contribution is 6.04. The first-order chi connectivity index (χ1) is 14.2. The fourth-order valence-corrected chi connectivity index (χ4v) is 3.85. The first kappa shape index (κ1) is 19.0. The largest absolute Gasteiger partial charge is 0.372 e. The summed E-state index contributed by atoms with van der Waals surface area (Å²) in [6.45, 7) is 7.09. The quantitative estimate of drug-likeness (QED) is 0.656. The number of fused-ring (bicyclic) bond motifs is 1. The van der Waals surface area contributed by atoms with E-state index in [4.69, 9.17) is 0 Å². The highest BCUT2D eigenvalue weighted by atomic mass is 16.1. The van der Waals surface area contributed by atoms with Gasteiger partial charge in [0.05, 0.1) is 17.4 Å². The number of anilines is 4. The van der Waals surface area contributed by atoms with Gasteiger partial charge in [0.25, 0.3) is 5.91 Å². The molecule has 0 saturated carbocycles. The third kappa shape index (κ3) is 3.94. The molecule has 1 amide bonds. The molecule has 148 valence electrons. The van der Waals surface area contributed by atoms with Crippen molar-refractivity contribution in [2.24, 2.45) is 0 Å². The van der Waals surface area contributed by atoms with Crippen LogP contribution in [0.4, 0.5) is 22.7 Å². The van der Waals surface area contributed by atoms with Gasteiger partial charge in [-0.05, 0) is 62.2 Å². The molecule has 1 N–H and O–H groups in total. The Morgan fingerprint density at radius 1 is 1.07 bits per heavy atom. The van der Waals surface area contributed by atoms with Gasteiger partial charge in [-0.25, -0.2) is 0 Å². The number of hydrogen-bond donors (Lipinski definition) is 1. The molecular formula is C24H26N4O. The molecule has 0 atom stereocenters. The molecule has 0 saturated heterocycles. The number of rotatable bonds is 6. The maximum absolute atomic E-state index is 12.8. The van der Waals surface area contributed by atoms with Gasteiger partial charge in [0.15, 0.2) is 0 Å². The fraction of sp³-hybridized carbons (Fsp3) is 0.250. The van der Waals surface area contributed by atoms with Gasteiger partial charge in [0, 0.05) is 42.9 Å². The lowest BCUT2D eigenvalue weighted by Crippen LogP contribution is -2.21. The minimum atomic E-state index is -0.151. The average molecular weight is 386 g/mol. The van der Waals surface area contributed by atoms with Crippen molar-refractivity contribution in [3.05, 3.63) is 78.1 Å². The van der Waals surface area contributed by atoms with Crippen molar-refractivity contribution in [3.8, 4) is 0 Å². The number of hydrogen-bond acceptors (Lipinski definition) is 4. The van der Waals surface area contributed by atoms with Crippen LogP contribution in [0, 0.1) is 0 Å². The summed E-state index contributed by atoms with van der Waals surface area (Å²) in [5.74, 6) is -0.151. The van der Waals surface area contributed by atoms with Crippen LogP contribution in [-0.2, 0) is 6.42 Å². The van der Waals surface area contributed by atoms with Crippen LogP contribution >= 0.6 is 0 Å². The Hall–Kier alpha value is -3.34. The number of carbonyl (C=O) groups excluding carboxylic acids is 1. The van der Waals surface area contributed by atoms with Crippen LogP contribution in [0.3, 0.4) is 0 Å².